The molecule has 1 aliphatic heterocycles. The zero-order valence-electron chi connectivity index (χ0n) is 13.1. The van der Waals surface area contributed by atoms with Crippen LogP contribution in [-0.2, 0) is 9.47 Å². The van der Waals surface area contributed by atoms with Crippen LogP contribution in [0.3, 0.4) is 0 Å². The largest absolute Gasteiger partial charge is 0.355 e. The van der Waals surface area contributed by atoms with Gasteiger partial charge in [-0.1, -0.05) is 23.4 Å². The fraction of sp³-hybridized carbons (Fsp3) is 0.500. The molecule has 5 nitrogen and oxygen atoms in total. The zero-order valence-corrected chi connectivity index (χ0v) is 14.7. The fourth-order valence-corrected chi connectivity index (χ4v) is 3.87. The van der Waals surface area contributed by atoms with Gasteiger partial charge in [0, 0.05) is 16.8 Å². The Bertz CT molecular complexity index is 757. The Hall–Kier alpha value is -1.08. The first-order chi connectivity index (χ1) is 11.1. The molecule has 0 aliphatic carbocycles. The highest BCUT2D eigenvalue weighted by atomic mass is 35.5. The summed E-state index contributed by atoms with van der Waals surface area (Å²) < 4.78 is 12.5. The topological polar surface area (TPSA) is 53.4 Å². The van der Waals surface area contributed by atoms with Crippen molar-refractivity contribution in [2.24, 2.45) is 0 Å². The molecule has 0 saturated carbocycles. The summed E-state index contributed by atoms with van der Waals surface area (Å²) in [5, 5.41) is 1.88. The number of ether oxygens (including phenoxy) is 2. The Morgan fingerprint density at radius 2 is 2.30 bits per heavy atom. The van der Waals surface area contributed by atoms with Crippen LogP contribution in [0.25, 0.3) is 10.9 Å². The van der Waals surface area contributed by atoms with Gasteiger partial charge >= 0.3 is 0 Å². The van der Waals surface area contributed by atoms with E-state index in [9.17, 15) is 4.79 Å². The number of benzene rings is 1. The van der Waals surface area contributed by atoms with Gasteiger partial charge in [-0.3, -0.25) is 9.36 Å². The smallest absolute Gasteiger partial charge is 0.262 e. The second-order valence-electron chi connectivity index (χ2n) is 5.74. The lowest BCUT2D eigenvalue weighted by Gasteiger charge is -2.23. The van der Waals surface area contributed by atoms with Crippen LogP contribution in [0.2, 0.25) is 5.02 Å². The van der Waals surface area contributed by atoms with Gasteiger partial charge in [-0.25, -0.2) is 4.98 Å². The molecule has 0 spiro atoms. The number of halogens is 1. The highest BCUT2D eigenvalue weighted by molar-refractivity contribution is 7.99. The Labute approximate surface area is 143 Å². The van der Waals surface area contributed by atoms with Gasteiger partial charge in [0.25, 0.3) is 5.56 Å². The molecular weight excluding hydrogens is 336 g/mol. The fourth-order valence-electron chi connectivity index (χ4n) is 2.51. The number of rotatable bonds is 4. The molecule has 2 heterocycles. The van der Waals surface area contributed by atoms with Crippen molar-refractivity contribution >= 4 is 34.3 Å². The Kier molecular flexibility index (Phi) is 5.26. The molecule has 0 radical (unpaired) electrons. The molecule has 7 heteroatoms. The van der Waals surface area contributed by atoms with Crippen molar-refractivity contribution in [1.29, 1.82) is 0 Å². The quantitative estimate of drug-likeness (QED) is 0.621. The summed E-state index contributed by atoms with van der Waals surface area (Å²) >= 11 is 7.58. The van der Waals surface area contributed by atoms with E-state index in [4.69, 9.17) is 21.1 Å². The van der Waals surface area contributed by atoms with Crippen molar-refractivity contribution < 1.29 is 9.47 Å². The van der Waals surface area contributed by atoms with Crippen molar-refractivity contribution in [2.75, 3.05) is 19.2 Å². The molecule has 0 amide bonds. The second-order valence-corrected chi connectivity index (χ2v) is 7.16. The maximum Gasteiger partial charge on any atom is 0.262 e. The van der Waals surface area contributed by atoms with Crippen molar-refractivity contribution in [3.05, 3.63) is 33.6 Å². The lowest BCUT2D eigenvalue weighted by Crippen LogP contribution is -2.28. The molecule has 1 saturated heterocycles. The van der Waals surface area contributed by atoms with Crippen LogP contribution in [0, 0.1) is 0 Å². The molecule has 3 rings (SSSR count). The summed E-state index contributed by atoms with van der Waals surface area (Å²) in [6, 6.07) is 5.23. The van der Waals surface area contributed by atoms with Crippen molar-refractivity contribution in [1.82, 2.24) is 9.55 Å². The minimum absolute atomic E-state index is 0.0305. The molecule has 1 aromatic carbocycles. The van der Waals surface area contributed by atoms with Gasteiger partial charge in [-0.15, -0.1) is 0 Å². The molecule has 0 N–H and O–H groups in total. The SMILES string of the molecule is CC(C)n1c(SC[C@H]2CCOCO2)nc2cc(Cl)ccc2c1=O. The lowest BCUT2D eigenvalue weighted by atomic mass is 10.2. The monoisotopic (exact) mass is 354 g/mol. The van der Waals surface area contributed by atoms with E-state index in [0.717, 1.165) is 12.2 Å². The summed E-state index contributed by atoms with van der Waals surface area (Å²) in [6.07, 6.45) is 0.986. The molecule has 1 atom stereocenters. The lowest BCUT2D eigenvalue weighted by molar-refractivity contribution is -0.130. The molecule has 1 aliphatic rings. The molecular formula is C16H19ClN2O3S. The first-order valence-corrected chi connectivity index (χ1v) is 8.96. The summed E-state index contributed by atoms with van der Waals surface area (Å²) in [6.45, 7) is 5.02. The van der Waals surface area contributed by atoms with Gasteiger partial charge in [0.05, 0.1) is 23.6 Å². The van der Waals surface area contributed by atoms with Gasteiger partial charge in [0.1, 0.15) is 6.79 Å². The molecule has 1 fully saturated rings. The minimum atomic E-state index is -0.0305. The molecule has 0 unspecified atom stereocenters. The zero-order chi connectivity index (χ0) is 16.4. The van der Waals surface area contributed by atoms with E-state index in [1.165, 1.54) is 0 Å². The van der Waals surface area contributed by atoms with Gasteiger partial charge in [0.2, 0.25) is 0 Å². The highest BCUT2D eigenvalue weighted by Crippen LogP contribution is 2.24. The van der Waals surface area contributed by atoms with E-state index in [1.54, 1.807) is 34.5 Å². The summed E-state index contributed by atoms with van der Waals surface area (Å²) in [5.41, 5.74) is 0.604. The van der Waals surface area contributed by atoms with E-state index >= 15 is 0 Å². The van der Waals surface area contributed by atoms with Crippen LogP contribution < -0.4 is 5.56 Å². The first kappa shape index (κ1) is 16.8. The van der Waals surface area contributed by atoms with Crippen LogP contribution in [-0.4, -0.2) is 34.8 Å². The predicted molar refractivity (Wildman–Crippen MR) is 92.4 cm³/mol. The number of fused-ring (bicyclic) bond motifs is 1. The molecule has 1 aromatic heterocycles. The third-order valence-electron chi connectivity index (χ3n) is 3.72. The Morgan fingerprint density at radius 3 is 3.00 bits per heavy atom. The van der Waals surface area contributed by atoms with E-state index in [2.05, 4.69) is 4.98 Å². The van der Waals surface area contributed by atoms with Gasteiger partial charge in [-0.2, -0.15) is 0 Å². The van der Waals surface area contributed by atoms with Crippen LogP contribution in [0.5, 0.6) is 0 Å². The Morgan fingerprint density at radius 1 is 1.48 bits per heavy atom. The number of nitrogens with zero attached hydrogens (tertiary/aromatic N) is 2. The third kappa shape index (κ3) is 3.71. The van der Waals surface area contributed by atoms with Gasteiger partial charge in [-0.05, 0) is 38.5 Å². The molecule has 2 aromatic rings. The molecule has 23 heavy (non-hydrogen) atoms. The third-order valence-corrected chi connectivity index (χ3v) is 5.04. The number of hydrogen-bond acceptors (Lipinski definition) is 5. The second kappa shape index (κ2) is 7.21. The van der Waals surface area contributed by atoms with Crippen LogP contribution >= 0.6 is 23.4 Å². The number of thioether (sulfide) groups is 1. The average molecular weight is 355 g/mol. The van der Waals surface area contributed by atoms with Crippen molar-refractivity contribution in [2.45, 2.75) is 37.6 Å². The highest BCUT2D eigenvalue weighted by Gasteiger charge is 2.18. The normalized spacial score (nSPS) is 18.7. The van der Waals surface area contributed by atoms with Crippen LogP contribution in [0.4, 0.5) is 0 Å². The summed E-state index contributed by atoms with van der Waals surface area (Å²) in [5.74, 6) is 0.745. The van der Waals surface area contributed by atoms with E-state index in [0.29, 0.717) is 34.5 Å². The summed E-state index contributed by atoms with van der Waals surface area (Å²) in [4.78, 5) is 17.4. The number of hydrogen-bond donors (Lipinski definition) is 0. The minimum Gasteiger partial charge on any atom is -0.355 e. The standard InChI is InChI=1S/C16H19ClN2O3S/c1-10(2)19-15(20)13-4-3-11(17)7-14(13)18-16(19)23-8-12-5-6-21-9-22-12/h3-4,7,10,12H,5-6,8-9H2,1-2H3/t12-/m1/s1. The maximum atomic E-state index is 12.8. The van der Waals surface area contributed by atoms with Crippen molar-refractivity contribution in [3.63, 3.8) is 0 Å². The first-order valence-electron chi connectivity index (χ1n) is 7.60. The maximum absolute atomic E-state index is 12.8. The molecule has 124 valence electrons. The van der Waals surface area contributed by atoms with E-state index < -0.39 is 0 Å². The average Bonchev–Trinajstić information content (AvgIpc) is 2.53. The van der Waals surface area contributed by atoms with E-state index in [1.807, 2.05) is 13.8 Å². The Balaban J connectivity index is 1.96. The van der Waals surface area contributed by atoms with Crippen LogP contribution in [0.1, 0.15) is 26.3 Å². The van der Waals surface area contributed by atoms with Crippen LogP contribution in [0.15, 0.2) is 28.2 Å². The van der Waals surface area contributed by atoms with Gasteiger partial charge in [0.15, 0.2) is 5.16 Å². The van der Waals surface area contributed by atoms with Crippen molar-refractivity contribution in [3.8, 4) is 0 Å². The summed E-state index contributed by atoms with van der Waals surface area (Å²) in [7, 11) is 0. The number of aromatic nitrogens is 2. The predicted octanol–water partition coefficient (Wildman–Crippen LogP) is 3.49. The van der Waals surface area contributed by atoms with Gasteiger partial charge < -0.3 is 9.47 Å². The van der Waals surface area contributed by atoms with E-state index in [-0.39, 0.29) is 17.7 Å². The molecule has 0 bridgehead atoms.